The lowest BCUT2D eigenvalue weighted by Crippen LogP contribution is -2.04. The first-order valence-corrected chi connectivity index (χ1v) is 8.36. The van der Waals surface area contributed by atoms with Crippen molar-refractivity contribution in [3.8, 4) is 11.3 Å². The first kappa shape index (κ1) is 13.5. The summed E-state index contributed by atoms with van der Waals surface area (Å²) in [5.74, 6) is 0.761. The van der Waals surface area contributed by atoms with Crippen LogP contribution in [-0.4, -0.2) is 4.98 Å². The average Bonchev–Trinajstić information content (AvgIpc) is 2.62. The summed E-state index contributed by atoms with van der Waals surface area (Å²) >= 11 is 0. The largest absolute Gasteiger partial charge is 0.256 e. The fraction of sp³-hybridized carbons (Fsp3) is 0.286. The summed E-state index contributed by atoms with van der Waals surface area (Å²) in [6.45, 7) is 0. The maximum Gasteiger partial charge on any atom is 0.0708 e. The van der Waals surface area contributed by atoms with Crippen molar-refractivity contribution in [2.45, 2.75) is 38.0 Å². The summed E-state index contributed by atoms with van der Waals surface area (Å²) in [6, 6.07) is 19.7. The van der Waals surface area contributed by atoms with Crippen LogP contribution in [-0.2, 0) is 0 Å². The molecule has 1 heterocycles. The first-order valence-electron chi connectivity index (χ1n) is 8.36. The number of nitrogens with zero attached hydrogens (tertiary/aromatic N) is 1. The van der Waals surface area contributed by atoms with E-state index >= 15 is 0 Å². The summed E-state index contributed by atoms with van der Waals surface area (Å²) < 4.78 is 0. The molecule has 0 amide bonds. The van der Waals surface area contributed by atoms with Gasteiger partial charge in [-0.15, -0.1) is 0 Å². The molecule has 1 aromatic heterocycles. The van der Waals surface area contributed by atoms with E-state index in [9.17, 15) is 0 Å². The van der Waals surface area contributed by atoms with Crippen molar-refractivity contribution < 1.29 is 0 Å². The van der Waals surface area contributed by atoms with E-state index in [1.54, 1.807) is 0 Å². The molecular weight excluding hydrogens is 266 g/mol. The molecular formula is C21H21N. The van der Waals surface area contributed by atoms with Gasteiger partial charge in [0.2, 0.25) is 0 Å². The SMILES string of the molecule is c1ccc(-c2cccc3cc(C4CCCCC4)ccc23)nc1. The molecule has 1 saturated carbocycles. The molecule has 0 radical (unpaired) electrons. The van der Waals surface area contributed by atoms with Crippen molar-refractivity contribution in [2.24, 2.45) is 0 Å². The number of pyridine rings is 1. The van der Waals surface area contributed by atoms with Gasteiger partial charge in [0, 0.05) is 11.8 Å². The van der Waals surface area contributed by atoms with Gasteiger partial charge in [-0.1, -0.05) is 61.7 Å². The number of benzene rings is 2. The third-order valence-electron chi connectivity index (χ3n) is 4.92. The molecule has 1 heteroatoms. The van der Waals surface area contributed by atoms with E-state index in [0.717, 1.165) is 11.6 Å². The van der Waals surface area contributed by atoms with Crippen molar-refractivity contribution in [3.05, 3.63) is 66.4 Å². The molecule has 1 aliphatic carbocycles. The zero-order valence-electron chi connectivity index (χ0n) is 12.8. The van der Waals surface area contributed by atoms with Crippen LogP contribution >= 0.6 is 0 Å². The third-order valence-corrected chi connectivity index (χ3v) is 4.92. The monoisotopic (exact) mass is 287 g/mol. The predicted octanol–water partition coefficient (Wildman–Crippen LogP) is 5.95. The Morgan fingerprint density at radius 1 is 0.818 bits per heavy atom. The Bertz CT molecular complexity index is 770. The molecule has 1 nitrogen and oxygen atoms in total. The molecule has 0 spiro atoms. The van der Waals surface area contributed by atoms with Crippen LogP contribution < -0.4 is 0 Å². The lowest BCUT2D eigenvalue weighted by Gasteiger charge is -2.22. The molecule has 1 fully saturated rings. The van der Waals surface area contributed by atoms with Gasteiger partial charge in [0.25, 0.3) is 0 Å². The Balaban J connectivity index is 1.78. The quantitative estimate of drug-likeness (QED) is 0.567. The Morgan fingerprint density at radius 2 is 1.73 bits per heavy atom. The van der Waals surface area contributed by atoms with Crippen molar-refractivity contribution >= 4 is 10.8 Å². The summed E-state index contributed by atoms with van der Waals surface area (Å²) in [5, 5.41) is 2.65. The highest BCUT2D eigenvalue weighted by Crippen LogP contribution is 2.35. The van der Waals surface area contributed by atoms with Crippen LogP contribution in [0.1, 0.15) is 43.6 Å². The molecule has 1 aliphatic rings. The second-order valence-electron chi connectivity index (χ2n) is 6.34. The van der Waals surface area contributed by atoms with Crippen molar-refractivity contribution in [1.82, 2.24) is 4.98 Å². The lowest BCUT2D eigenvalue weighted by atomic mass is 9.83. The van der Waals surface area contributed by atoms with E-state index in [4.69, 9.17) is 0 Å². The van der Waals surface area contributed by atoms with E-state index in [1.807, 2.05) is 12.3 Å². The van der Waals surface area contributed by atoms with Gasteiger partial charge >= 0.3 is 0 Å². The second-order valence-corrected chi connectivity index (χ2v) is 6.34. The molecule has 0 saturated heterocycles. The molecule has 22 heavy (non-hydrogen) atoms. The highest BCUT2D eigenvalue weighted by atomic mass is 14.7. The van der Waals surface area contributed by atoms with E-state index in [0.29, 0.717) is 0 Å². The summed E-state index contributed by atoms with van der Waals surface area (Å²) in [5.41, 5.74) is 3.80. The summed E-state index contributed by atoms with van der Waals surface area (Å²) in [4.78, 5) is 4.51. The van der Waals surface area contributed by atoms with Crippen LogP contribution in [0.2, 0.25) is 0 Å². The van der Waals surface area contributed by atoms with Gasteiger partial charge in [0.15, 0.2) is 0 Å². The normalized spacial score (nSPS) is 16.0. The standard InChI is InChI=1S/C21H21N/c1-2-7-16(8-3-1)17-12-13-19-18(15-17)9-6-10-20(19)21-11-4-5-14-22-21/h4-6,9-16H,1-3,7-8H2. The van der Waals surface area contributed by atoms with Crippen molar-refractivity contribution in [1.29, 1.82) is 0 Å². The van der Waals surface area contributed by atoms with Crippen LogP contribution in [0, 0.1) is 0 Å². The van der Waals surface area contributed by atoms with Gasteiger partial charge in [-0.25, -0.2) is 0 Å². The zero-order chi connectivity index (χ0) is 14.8. The minimum atomic E-state index is 0.761. The predicted molar refractivity (Wildman–Crippen MR) is 93.0 cm³/mol. The van der Waals surface area contributed by atoms with E-state index in [1.165, 1.54) is 54.0 Å². The average molecular weight is 287 g/mol. The third kappa shape index (κ3) is 2.52. The van der Waals surface area contributed by atoms with Crippen LogP contribution in [0.3, 0.4) is 0 Å². The Morgan fingerprint density at radius 3 is 2.55 bits per heavy atom. The van der Waals surface area contributed by atoms with Crippen molar-refractivity contribution in [3.63, 3.8) is 0 Å². The van der Waals surface area contributed by atoms with Gasteiger partial charge in [-0.05, 0) is 47.2 Å². The lowest BCUT2D eigenvalue weighted by molar-refractivity contribution is 0.444. The van der Waals surface area contributed by atoms with Crippen LogP contribution in [0.4, 0.5) is 0 Å². The zero-order valence-corrected chi connectivity index (χ0v) is 12.8. The minimum Gasteiger partial charge on any atom is -0.256 e. The first-order chi connectivity index (χ1) is 10.9. The van der Waals surface area contributed by atoms with Gasteiger partial charge in [0.1, 0.15) is 0 Å². The fourth-order valence-corrected chi connectivity index (χ4v) is 3.74. The van der Waals surface area contributed by atoms with Gasteiger partial charge in [-0.3, -0.25) is 4.98 Å². The van der Waals surface area contributed by atoms with E-state index in [-0.39, 0.29) is 0 Å². The van der Waals surface area contributed by atoms with E-state index in [2.05, 4.69) is 53.5 Å². The molecule has 0 atom stereocenters. The van der Waals surface area contributed by atoms with Crippen LogP contribution in [0.5, 0.6) is 0 Å². The molecule has 0 N–H and O–H groups in total. The minimum absolute atomic E-state index is 0.761. The maximum atomic E-state index is 4.51. The van der Waals surface area contributed by atoms with Gasteiger partial charge < -0.3 is 0 Å². The van der Waals surface area contributed by atoms with Crippen LogP contribution in [0.15, 0.2) is 60.8 Å². The fourth-order valence-electron chi connectivity index (χ4n) is 3.74. The Kier molecular flexibility index (Phi) is 3.64. The molecule has 3 aromatic rings. The highest BCUT2D eigenvalue weighted by molar-refractivity contribution is 5.96. The number of fused-ring (bicyclic) bond motifs is 1. The summed E-state index contributed by atoms with van der Waals surface area (Å²) in [6.07, 6.45) is 8.75. The number of aromatic nitrogens is 1. The molecule has 2 aromatic carbocycles. The maximum absolute atomic E-state index is 4.51. The molecule has 0 bridgehead atoms. The highest BCUT2D eigenvalue weighted by Gasteiger charge is 2.16. The topological polar surface area (TPSA) is 12.9 Å². The van der Waals surface area contributed by atoms with E-state index < -0.39 is 0 Å². The molecule has 0 aliphatic heterocycles. The Hall–Kier alpha value is -2.15. The number of hydrogen-bond donors (Lipinski definition) is 0. The van der Waals surface area contributed by atoms with Crippen LogP contribution in [0.25, 0.3) is 22.0 Å². The van der Waals surface area contributed by atoms with Crippen molar-refractivity contribution in [2.75, 3.05) is 0 Å². The second kappa shape index (κ2) is 5.92. The molecule has 0 unspecified atom stereocenters. The summed E-state index contributed by atoms with van der Waals surface area (Å²) in [7, 11) is 0. The van der Waals surface area contributed by atoms with Gasteiger partial charge in [0.05, 0.1) is 5.69 Å². The molecule has 4 rings (SSSR count). The molecule has 110 valence electrons. The number of rotatable bonds is 2. The smallest absolute Gasteiger partial charge is 0.0708 e. The number of hydrogen-bond acceptors (Lipinski definition) is 1. The van der Waals surface area contributed by atoms with Gasteiger partial charge in [-0.2, -0.15) is 0 Å². The Labute approximate surface area is 132 Å².